The third kappa shape index (κ3) is 4.71. The first-order valence-corrected chi connectivity index (χ1v) is 7.63. The number of hydrogen-bond acceptors (Lipinski definition) is 3. The van der Waals surface area contributed by atoms with Gasteiger partial charge in [-0.25, -0.2) is 4.39 Å². The maximum absolute atomic E-state index is 12.7. The summed E-state index contributed by atoms with van der Waals surface area (Å²) < 4.78 is 23.8. The Morgan fingerprint density at radius 1 is 0.957 bits per heavy atom. The van der Waals surface area contributed by atoms with Crippen LogP contribution in [0.1, 0.15) is 12.8 Å². The molecular weight excluding hydrogens is 297 g/mol. The Hall–Kier alpha value is -2.56. The third-order valence-electron chi connectivity index (χ3n) is 3.50. The minimum atomic E-state index is -0.289. The van der Waals surface area contributed by atoms with E-state index in [0.717, 1.165) is 18.5 Å². The number of anilines is 1. The lowest BCUT2D eigenvalue weighted by Crippen LogP contribution is -2.13. The number of carbonyl (C=O) groups excluding carboxylic acids is 1. The van der Waals surface area contributed by atoms with Gasteiger partial charge in [0.25, 0.3) is 0 Å². The van der Waals surface area contributed by atoms with Crippen molar-refractivity contribution >= 4 is 11.6 Å². The number of halogens is 1. The molecule has 4 nitrogen and oxygen atoms in total. The smallest absolute Gasteiger partial charge is 0.227 e. The minimum absolute atomic E-state index is 0.0892. The van der Waals surface area contributed by atoms with Crippen molar-refractivity contribution < 1.29 is 18.7 Å². The monoisotopic (exact) mass is 315 g/mol. The van der Waals surface area contributed by atoms with Crippen molar-refractivity contribution in [2.45, 2.75) is 12.8 Å². The largest absolute Gasteiger partial charge is 0.490 e. The molecule has 2 aromatic rings. The first-order chi connectivity index (χ1) is 11.2. The van der Waals surface area contributed by atoms with Gasteiger partial charge >= 0.3 is 0 Å². The highest BCUT2D eigenvalue weighted by molar-refractivity contribution is 5.94. The molecule has 1 aliphatic carbocycles. The molecule has 1 aliphatic rings. The second-order valence-corrected chi connectivity index (χ2v) is 5.44. The predicted molar refractivity (Wildman–Crippen MR) is 85.2 cm³/mol. The average Bonchev–Trinajstić information content (AvgIpc) is 3.40. The predicted octanol–water partition coefficient (Wildman–Crippen LogP) is 3.63. The quantitative estimate of drug-likeness (QED) is 0.794. The van der Waals surface area contributed by atoms with Gasteiger partial charge in [0.1, 0.15) is 30.5 Å². The van der Waals surface area contributed by atoms with E-state index in [1.165, 1.54) is 12.1 Å². The Balaban J connectivity index is 1.39. The van der Waals surface area contributed by atoms with Crippen molar-refractivity contribution in [3.05, 3.63) is 54.3 Å². The van der Waals surface area contributed by atoms with E-state index in [1.54, 1.807) is 24.3 Å². The Bertz CT molecular complexity index is 651. The lowest BCUT2D eigenvalue weighted by atomic mass is 10.3. The topological polar surface area (TPSA) is 47.6 Å². The van der Waals surface area contributed by atoms with Crippen molar-refractivity contribution in [1.29, 1.82) is 0 Å². The molecule has 0 radical (unpaired) electrons. The standard InChI is InChI=1S/C18H18FNO3/c19-14-3-7-16(8-4-14)22-11-12-23-17-9-5-15(6-10-17)20-18(21)13-1-2-13/h3-10,13H,1-2,11-12H2,(H,20,21). The summed E-state index contributed by atoms with van der Waals surface area (Å²) in [4.78, 5) is 11.6. The lowest BCUT2D eigenvalue weighted by molar-refractivity contribution is -0.117. The molecule has 1 fully saturated rings. The molecule has 2 aromatic carbocycles. The van der Waals surface area contributed by atoms with E-state index in [2.05, 4.69) is 5.32 Å². The van der Waals surface area contributed by atoms with Gasteiger partial charge < -0.3 is 14.8 Å². The zero-order chi connectivity index (χ0) is 16.1. The van der Waals surface area contributed by atoms with Crippen LogP contribution >= 0.6 is 0 Å². The normalized spacial score (nSPS) is 13.4. The fourth-order valence-corrected chi connectivity index (χ4v) is 2.07. The Kier molecular flexibility index (Phi) is 4.76. The van der Waals surface area contributed by atoms with Gasteiger partial charge in [-0.2, -0.15) is 0 Å². The molecule has 0 bridgehead atoms. The third-order valence-corrected chi connectivity index (χ3v) is 3.50. The average molecular weight is 315 g/mol. The summed E-state index contributed by atoms with van der Waals surface area (Å²) in [5.41, 5.74) is 0.775. The highest BCUT2D eigenvalue weighted by atomic mass is 19.1. The maximum Gasteiger partial charge on any atom is 0.227 e. The van der Waals surface area contributed by atoms with Crippen LogP contribution in [-0.2, 0) is 4.79 Å². The van der Waals surface area contributed by atoms with E-state index < -0.39 is 0 Å². The first-order valence-electron chi connectivity index (χ1n) is 7.63. The first kappa shape index (κ1) is 15.3. The van der Waals surface area contributed by atoms with Crippen LogP contribution in [0.25, 0.3) is 0 Å². The van der Waals surface area contributed by atoms with Gasteiger partial charge in [0.15, 0.2) is 0 Å². The van der Waals surface area contributed by atoms with E-state index in [9.17, 15) is 9.18 Å². The van der Waals surface area contributed by atoms with Crippen molar-refractivity contribution in [3.63, 3.8) is 0 Å². The summed E-state index contributed by atoms with van der Waals surface area (Å²) in [7, 11) is 0. The van der Waals surface area contributed by atoms with Gasteiger partial charge in [-0.05, 0) is 61.4 Å². The summed E-state index contributed by atoms with van der Waals surface area (Å²) in [6.45, 7) is 0.747. The summed E-state index contributed by atoms with van der Waals surface area (Å²) in [6.07, 6.45) is 1.97. The highest BCUT2D eigenvalue weighted by Crippen LogP contribution is 2.30. The molecule has 1 N–H and O–H groups in total. The molecule has 5 heteroatoms. The summed E-state index contributed by atoms with van der Waals surface area (Å²) in [5, 5.41) is 2.87. The molecule has 23 heavy (non-hydrogen) atoms. The molecule has 0 saturated heterocycles. The minimum Gasteiger partial charge on any atom is -0.490 e. The number of nitrogens with one attached hydrogen (secondary N) is 1. The van der Waals surface area contributed by atoms with Crippen LogP contribution in [0.5, 0.6) is 11.5 Å². The number of hydrogen-bond donors (Lipinski definition) is 1. The molecule has 120 valence electrons. The summed E-state index contributed by atoms with van der Waals surface area (Å²) in [6, 6.07) is 13.1. The fourth-order valence-electron chi connectivity index (χ4n) is 2.07. The van der Waals surface area contributed by atoms with Crippen LogP contribution in [0.15, 0.2) is 48.5 Å². The van der Waals surface area contributed by atoms with Crippen LogP contribution in [0.4, 0.5) is 10.1 Å². The van der Waals surface area contributed by atoms with Gasteiger partial charge in [-0.3, -0.25) is 4.79 Å². The maximum atomic E-state index is 12.7. The molecular formula is C18H18FNO3. The second kappa shape index (κ2) is 7.13. The van der Waals surface area contributed by atoms with E-state index in [0.29, 0.717) is 24.7 Å². The SMILES string of the molecule is O=C(Nc1ccc(OCCOc2ccc(F)cc2)cc1)C1CC1. The zero-order valence-corrected chi connectivity index (χ0v) is 12.6. The van der Waals surface area contributed by atoms with Gasteiger partial charge in [-0.1, -0.05) is 0 Å². The van der Waals surface area contributed by atoms with Crippen LogP contribution in [0.3, 0.4) is 0 Å². The van der Waals surface area contributed by atoms with Crippen LogP contribution < -0.4 is 14.8 Å². The molecule has 0 heterocycles. The van der Waals surface area contributed by atoms with Crippen molar-refractivity contribution in [3.8, 4) is 11.5 Å². The van der Waals surface area contributed by atoms with Crippen LogP contribution in [0.2, 0.25) is 0 Å². The van der Waals surface area contributed by atoms with E-state index in [-0.39, 0.29) is 17.6 Å². The molecule has 0 unspecified atom stereocenters. The van der Waals surface area contributed by atoms with Crippen LogP contribution in [0, 0.1) is 11.7 Å². The van der Waals surface area contributed by atoms with E-state index in [4.69, 9.17) is 9.47 Å². The number of carbonyl (C=O) groups is 1. The summed E-state index contributed by atoms with van der Waals surface area (Å²) >= 11 is 0. The molecule has 0 aromatic heterocycles. The Morgan fingerprint density at radius 3 is 2.00 bits per heavy atom. The molecule has 3 rings (SSSR count). The zero-order valence-electron chi connectivity index (χ0n) is 12.6. The second-order valence-electron chi connectivity index (χ2n) is 5.44. The van der Waals surface area contributed by atoms with Gasteiger partial charge in [-0.15, -0.1) is 0 Å². The molecule has 1 saturated carbocycles. The lowest BCUT2D eigenvalue weighted by Gasteiger charge is -2.09. The van der Waals surface area contributed by atoms with Gasteiger partial charge in [0.2, 0.25) is 5.91 Å². The van der Waals surface area contributed by atoms with Crippen molar-refractivity contribution in [1.82, 2.24) is 0 Å². The van der Waals surface area contributed by atoms with E-state index >= 15 is 0 Å². The summed E-state index contributed by atoms with van der Waals surface area (Å²) in [5.74, 6) is 1.30. The Morgan fingerprint density at radius 2 is 1.48 bits per heavy atom. The van der Waals surface area contributed by atoms with Crippen molar-refractivity contribution in [2.75, 3.05) is 18.5 Å². The van der Waals surface area contributed by atoms with Gasteiger partial charge in [0, 0.05) is 11.6 Å². The van der Waals surface area contributed by atoms with Crippen LogP contribution in [-0.4, -0.2) is 19.1 Å². The molecule has 0 aliphatic heterocycles. The number of benzene rings is 2. The van der Waals surface area contributed by atoms with E-state index in [1.807, 2.05) is 12.1 Å². The number of amides is 1. The van der Waals surface area contributed by atoms with Crippen molar-refractivity contribution in [2.24, 2.45) is 5.92 Å². The molecule has 0 spiro atoms. The Labute approximate surface area is 134 Å². The fraction of sp³-hybridized carbons (Fsp3) is 0.278. The molecule has 1 amide bonds. The highest BCUT2D eigenvalue weighted by Gasteiger charge is 2.29. The molecule has 0 atom stereocenters. The number of ether oxygens (including phenoxy) is 2. The number of rotatable bonds is 7. The van der Waals surface area contributed by atoms with Gasteiger partial charge in [0.05, 0.1) is 0 Å².